The second kappa shape index (κ2) is 8.50. The molecule has 2 aliphatic heterocycles. The van der Waals surface area contributed by atoms with Gasteiger partial charge in [0.05, 0.1) is 5.75 Å². The second-order valence-corrected chi connectivity index (χ2v) is 8.66. The first-order valence-corrected chi connectivity index (χ1v) is 9.65. The number of hydrogen-bond acceptors (Lipinski definition) is 4. The van der Waals surface area contributed by atoms with E-state index in [1.807, 2.05) is 0 Å². The molecule has 2 rings (SSSR count). The Labute approximate surface area is 155 Å². The lowest BCUT2D eigenvalue weighted by Gasteiger charge is -2.40. The van der Waals surface area contributed by atoms with Crippen molar-refractivity contribution in [3.8, 4) is 0 Å². The summed E-state index contributed by atoms with van der Waals surface area (Å²) in [7, 11) is -1.27. The Morgan fingerprint density at radius 2 is 2.22 bits per heavy atom. The lowest BCUT2D eigenvalue weighted by Crippen LogP contribution is -2.51. The molecule has 1 atom stereocenters. The Balaban J connectivity index is 0.00000264. The summed E-state index contributed by atoms with van der Waals surface area (Å²) in [5.41, 5.74) is 0.00243. The molecular weight excluding hydrogens is 431 g/mol. The fraction of sp³-hybridized carbons (Fsp3) is 0.857. The van der Waals surface area contributed by atoms with Crippen LogP contribution in [0.15, 0.2) is 4.99 Å². The number of rotatable bonds is 4. The molecule has 9 heteroatoms. The lowest BCUT2D eigenvalue weighted by molar-refractivity contribution is -0.119. The molecule has 0 aromatic rings. The highest BCUT2D eigenvalue weighted by atomic mass is 127. The SMILES string of the molecule is CCS(=O)(=O)CCNC(=NC)N1CCCC2(CNC(=O)C2)C1.I. The molecule has 23 heavy (non-hydrogen) atoms. The fourth-order valence-electron chi connectivity index (χ4n) is 3.22. The van der Waals surface area contributed by atoms with Crippen molar-refractivity contribution in [3.63, 3.8) is 0 Å². The molecule has 1 unspecified atom stereocenters. The summed E-state index contributed by atoms with van der Waals surface area (Å²) in [4.78, 5) is 17.9. The average Bonchev–Trinajstić information content (AvgIpc) is 2.84. The molecule has 2 N–H and O–H groups in total. The minimum absolute atomic E-state index is 0. The number of guanidine groups is 1. The molecule has 0 saturated carbocycles. The van der Waals surface area contributed by atoms with Crippen molar-refractivity contribution in [2.24, 2.45) is 10.4 Å². The standard InChI is InChI=1S/C14H26N4O3S.HI/c1-3-22(20,21)8-6-16-13(15-2)18-7-4-5-14(11-18)9-12(19)17-10-14;/h3-11H2,1-2H3,(H,15,16)(H,17,19);1H. The van der Waals surface area contributed by atoms with Crippen molar-refractivity contribution < 1.29 is 13.2 Å². The molecular formula is C14H27IN4O3S. The van der Waals surface area contributed by atoms with Gasteiger partial charge in [-0.05, 0) is 12.8 Å². The maximum atomic E-state index is 11.5. The maximum Gasteiger partial charge on any atom is 0.220 e. The Bertz CT molecular complexity index is 552. The molecule has 2 saturated heterocycles. The van der Waals surface area contributed by atoms with E-state index in [9.17, 15) is 13.2 Å². The predicted octanol–water partition coefficient (Wildman–Crippen LogP) is 0.217. The highest BCUT2D eigenvalue weighted by Gasteiger charge is 2.42. The monoisotopic (exact) mass is 458 g/mol. The van der Waals surface area contributed by atoms with Crippen LogP contribution in [-0.4, -0.2) is 69.9 Å². The Hall–Kier alpha value is -0.580. The van der Waals surface area contributed by atoms with Crippen LogP contribution in [0.5, 0.6) is 0 Å². The molecule has 1 spiro atoms. The maximum absolute atomic E-state index is 11.5. The van der Waals surface area contributed by atoms with Crippen LogP contribution in [0.3, 0.4) is 0 Å². The van der Waals surface area contributed by atoms with Gasteiger partial charge in [-0.1, -0.05) is 6.92 Å². The predicted molar refractivity (Wildman–Crippen MR) is 102 cm³/mol. The zero-order valence-corrected chi connectivity index (χ0v) is 16.9. The van der Waals surface area contributed by atoms with Crippen molar-refractivity contribution in [2.45, 2.75) is 26.2 Å². The molecule has 1 amide bonds. The Morgan fingerprint density at radius 1 is 1.48 bits per heavy atom. The highest BCUT2D eigenvalue weighted by molar-refractivity contribution is 14.0. The third-order valence-corrected chi connectivity index (χ3v) is 6.21. The van der Waals surface area contributed by atoms with Crippen molar-refractivity contribution in [1.82, 2.24) is 15.5 Å². The van der Waals surface area contributed by atoms with E-state index in [1.165, 1.54) is 0 Å². The summed E-state index contributed by atoms with van der Waals surface area (Å²) in [6, 6.07) is 0. The molecule has 0 aliphatic carbocycles. The van der Waals surface area contributed by atoms with Gasteiger partial charge in [-0.15, -0.1) is 24.0 Å². The van der Waals surface area contributed by atoms with Crippen LogP contribution in [0.4, 0.5) is 0 Å². The Morgan fingerprint density at radius 3 is 2.78 bits per heavy atom. The van der Waals surface area contributed by atoms with Crippen molar-refractivity contribution in [1.29, 1.82) is 0 Å². The zero-order chi connectivity index (χ0) is 16.2. The van der Waals surface area contributed by atoms with Crippen LogP contribution < -0.4 is 10.6 Å². The molecule has 0 aromatic carbocycles. The minimum atomic E-state index is -2.97. The smallest absolute Gasteiger partial charge is 0.220 e. The van der Waals surface area contributed by atoms with Crippen molar-refractivity contribution in [3.05, 3.63) is 0 Å². The topological polar surface area (TPSA) is 90.9 Å². The number of nitrogens with one attached hydrogen (secondary N) is 2. The largest absolute Gasteiger partial charge is 0.355 e. The number of sulfone groups is 1. The first-order valence-electron chi connectivity index (χ1n) is 7.82. The van der Waals surface area contributed by atoms with Crippen molar-refractivity contribution in [2.75, 3.05) is 44.7 Å². The van der Waals surface area contributed by atoms with E-state index in [0.717, 1.165) is 38.4 Å². The van der Waals surface area contributed by atoms with Crippen LogP contribution in [0.1, 0.15) is 26.2 Å². The van der Waals surface area contributed by atoms with Gasteiger partial charge in [-0.25, -0.2) is 8.42 Å². The number of halogens is 1. The second-order valence-electron chi connectivity index (χ2n) is 6.19. The molecule has 0 aromatic heterocycles. The van der Waals surface area contributed by atoms with Gasteiger partial charge >= 0.3 is 0 Å². The molecule has 0 radical (unpaired) electrons. The van der Waals surface area contributed by atoms with Gasteiger partial charge in [-0.2, -0.15) is 0 Å². The number of piperidine rings is 1. The van der Waals surface area contributed by atoms with Gasteiger partial charge in [0, 0.05) is 50.8 Å². The van der Waals surface area contributed by atoms with E-state index in [4.69, 9.17) is 0 Å². The molecule has 7 nitrogen and oxygen atoms in total. The van der Waals surface area contributed by atoms with Crippen LogP contribution in [0, 0.1) is 5.41 Å². The normalized spacial score (nSPS) is 25.2. The van der Waals surface area contributed by atoms with Gasteiger partial charge in [0.2, 0.25) is 5.91 Å². The number of carbonyl (C=O) groups is 1. The van der Waals surface area contributed by atoms with Gasteiger partial charge in [0.25, 0.3) is 0 Å². The zero-order valence-electron chi connectivity index (χ0n) is 13.8. The first kappa shape index (κ1) is 20.5. The Kier molecular flexibility index (Phi) is 7.56. The van der Waals surface area contributed by atoms with Crippen LogP contribution >= 0.6 is 24.0 Å². The summed E-state index contributed by atoms with van der Waals surface area (Å²) in [6.45, 7) is 4.41. The number of hydrogen-bond donors (Lipinski definition) is 2. The minimum Gasteiger partial charge on any atom is -0.355 e. The van der Waals surface area contributed by atoms with E-state index < -0.39 is 9.84 Å². The van der Waals surface area contributed by atoms with E-state index in [0.29, 0.717) is 13.0 Å². The summed E-state index contributed by atoms with van der Waals surface area (Å²) >= 11 is 0. The third-order valence-electron chi connectivity index (χ3n) is 4.50. The third kappa shape index (κ3) is 5.47. The van der Waals surface area contributed by atoms with Crippen molar-refractivity contribution >= 4 is 45.7 Å². The number of aliphatic imine (C=N–C) groups is 1. The van der Waals surface area contributed by atoms with Crippen LogP contribution in [-0.2, 0) is 14.6 Å². The van der Waals surface area contributed by atoms with Gasteiger partial charge in [0.15, 0.2) is 15.8 Å². The van der Waals surface area contributed by atoms with E-state index in [2.05, 4.69) is 20.5 Å². The molecule has 0 bridgehead atoms. The summed E-state index contributed by atoms with van der Waals surface area (Å²) in [6.07, 6.45) is 2.64. The number of likely N-dealkylation sites (tertiary alicyclic amines) is 1. The highest BCUT2D eigenvalue weighted by Crippen LogP contribution is 2.35. The molecule has 2 fully saturated rings. The van der Waals surface area contributed by atoms with Crippen LogP contribution in [0.25, 0.3) is 0 Å². The summed E-state index contributed by atoms with van der Waals surface area (Å²) in [5, 5.41) is 6.06. The van der Waals surface area contributed by atoms with Crippen LogP contribution in [0.2, 0.25) is 0 Å². The lowest BCUT2D eigenvalue weighted by atomic mass is 9.79. The van der Waals surface area contributed by atoms with Gasteiger partial charge in [0.1, 0.15) is 0 Å². The van der Waals surface area contributed by atoms with E-state index in [1.54, 1.807) is 14.0 Å². The quantitative estimate of drug-likeness (QED) is 0.357. The fourth-order valence-corrected chi connectivity index (χ4v) is 3.93. The summed E-state index contributed by atoms with van der Waals surface area (Å²) < 4.78 is 23.1. The van der Waals surface area contributed by atoms with E-state index >= 15 is 0 Å². The van der Waals surface area contributed by atoms with Gasteiger partial charge < -0.3 is 15.5 Å². The molecule has 2 heterocycles. The van der Waals surface area contributed by atoms with Gasteiger partial charge in [-0.3, -0.25) is 9.79 Å². The summed E-state index contributed by atoms with van der Waals surface area (Å²) in [5.74, 6) is 1.12. The average molecular weight is 458 g/mol. The number of carbonyl (C=O) groups excluding carboxylic acids is 1. The van der Waals surface area contributed by atoms with E-state index in [-0.39, 0.29) is 46.8 Å². The molecule has 134 valence electrons. The first-order chi connectivity index (χ1) is 10.4. The number of amides is 1. The molecule has 2 aliphatic rings. The number of nitrogens with zero attached hydrogens (tertiary/aromatic N) is 2.